The van der Waals surface area contributed by atoms with Crippen LogP contribution in [0, 0.1) is 13.8 Å². The van der Waals surface area contributed by atoms with Crippen LogP contribution < -0.4 is 9.47 Å². The summed E-state index contributed by atoms with van der Waals surface area (Å²) >= 11 is -1.37. The minimum atomic E-state index is -1.37. The number of methoxy groups -OCH3 is 1. The van der Waals surface area contributed by atoms with Crippen LogP contribution >= 0.6 is 0 Å². The van der Waals surface area contributed by atoms with E-state index in [2.05, 4.69) is 19.9 Å². The molecule has 132 valence electrons. The molecule has 1 atom stereocenters. The van der Waals surface area contributed by atoms with Crippen molar-refractivity contribution in [1.82, 2.24) is 19.9 Å². The van der Waals surface area contributed by atoms with Gasteiger partial charge < -0.3 is 14.0 Å². The van der Waals surface area contributed by atoms with Crippen molar-refractivity contribution < 1.29 is 14.0 Å². The topological polar surface area (TPSA) is 96.0 Å². The second-order valence-corrected chi connectivity index (χ2v) is 6.90. The number of aromatic nitrogens is 4. The molecule has 1 N–H and O–H groups in total. The number of nitrogens with one attached hydrogen (secondary N) is 1. The Morgan fingerprint density at radius 2 is 2.04 bits per heavy atom. The number of rotatable bonds is 6. The number of fused-ring (bicyclic) bond motifs is 1. The number of pyridine rings is 2. The number of nitrogens with zero attached hydrogens (tertiary/aromatic N) is 3. The van der Waals surface area contributed by atoms with Gasteiger partial charge in [-0.3, -0.25) is 9.97 Å². The Morgan fingerprint density at radius 1 is 1.24 bits per heavy atom. The van der Waals surface area contributed by atoms with Crippen LogP contribution in [-0.4, -0.2) is 38.2 Å². The summed E-state index contributed by atoms with van der Waals surface area (Å²) in [6, 6.07) is 3.58. The van der Waals surface area contributed by atoms with Gasteiger partial charge in [0.25, 0.3) is 0 Å². The van der Waals surface area contributed by atoms with Crippen molar-refractivity contribution >= 4 is 22.3 Å². The van der Waals surface area contributed by atoms with E-state index in [1.54, 1.807) is 19.4 Å². The Bertz CT molecular complexity index is 897. The second kappa shape index (κ2) is 7.28. The highest BCUT2D eigenvalue weighted by Crippen LogP contribution is 2.26. The van der Waals surface area contributed by atoms with E-state index in [0.29, 0.717) is 23.3 Å². The summed E-state index contributed by atoms with van der Waals surface area (Å²) in [5.41, 5.74) is 3.78. The van der Waals surface area contributed by atoms with Crippen molar-refractivity contribution in [2.24, 2.45) is 0 Å². The molecule has 0 amide bonds. The number of aromatic amines is 1. The van der Waals surface area contributed by atoms with Crippen molar-refractivity contribution in [1.29, 1.82) is 0 Å². The largest absolute Gasteiger partial charge is 0.609 e. The van der Waals surface area contributed by atoms with E-state index in [-0.39, 0.29) is 5.75 Å². The van der Waals surface area contributed by atoms with Gasteiger partial charge in [0.15, 0.2) is 11.4 Å². The molecule has 0 radical (unpaired) electrons. The molecule has 0 spiro atoms. The molecule has 0 saturated carbocycles. The zero-order valence-electron chi connectivity index (χ0n) is 14.6. The van der Waals surface area contributed by atoms with Crippen LogP contribution in [0.4, 0.5) is 0 Å². The van der Waals surface area contributed by atoms with Gasteiger partial charge in [0.05, 0.1) is 24.9 Å². The molecule has 0 aromatic carbocycles. The zero-order chi connectivity index (χ0) is 18.0. The lowest BCUT2D eigenvalue weighted by Gasteiger charge is -2.13. The predicted octanol–water partition coefficient (Wildman–Crippen LogP) is 2.68. The molecule has 3 heterocycles. The van der Waals surface area contributed by atoms with Crippen molar-refractivity contribution in [3.8, 4) is 11.6 Å². The molecule has 0 bridgehead atoms. The molecular weight excluding hydrogens is 340 g/mol. The highest BCUT2D eigenvalue weighted by Gasteiger charge is 2.21. The second-order valence-electron chi connectivity index (χ2n) is 5.53. The Balaban J connectivity index is 1.86. The quantitative estimate of drug-likeness (QED) is 0.679. The average molecular weight is 360 g/mol. The molecule has 0 aliphatic rings. The first kappa shape index (κ1) is 17.5. The molecule has 7 nitrogen and oxygen atoms in total. The van der Waals surface area contributed by atoms with Gasteiger partial charge in [-0.25, -0.2) is 0 Å². The fourth-order valence-corrected chi connectivity index (χ4v) is 3.69. The summed E-state index contributed by atoms with van der Waals surface area (Å²) in [5, 5.41) is 0.372. The number of H-pyrrole nitrogens is 1. The van der Waals surface area contributed by atoms with Crippen LogP contribution in [0.15, 0.2) is 23.5 Å². The van der Waals surface area contributed by atoms with Crippen LogP contribution in [0.25, 0.3) is 11.2 Å². The molecule has 3 aromatic rings. The Hall–Kier alpha value is -2.32. The van der Waals surface area contributed by atoms with Gasteiger partial charge in [-0.2, -0.15) is 9.97 Å². The lowest BCUT2D eigenvalue weighted by atomic mass is 10.1. The fraction of sp³-hybridized carbons (Fsp3) is 0.353. The molecule has 3 aromatic heterocycles. The first-order valence-corrected chi connectivity index (χ1v) is 9.22. The van der Waals surface area contributed by atoms with Crippen LogP contribution in [0.3, 0.4) is 0 Å². The van der Waals surface area contributed by atoms with E-state index in [1.165, 1.54) is 0 Å². The van der Waals surface area contributed by atoms with E-state index >= 15 is 0 Å². The number of hydrogen-bond acceptors (Lipinski definition) is 6. The van der Waals surface area contributed by atoms with Gasteiger partial charge in [0, 0.05) is 34.6 Å². The van der Waals surface area contributed by atoms with Gasteiger partial charge in [-0.1, -0.05) is 0 Å². The lowest BCUT2D eigenvalue weighted by Crippen LogP contribution is -2.10. The third kappa shape index (κ3) is 3.54. The number of ether oxygens (including phenoxy) is 2. The minimum Gasteiger partial charge on any atom is -0.609 e. The molecule has 25 heavy (non-hydrogen) atoms. The summed E-state index contributed by atoms with van der Waals surface area (Å²) in [6.07, 6.45) is 1.73. The van der Waals surface area contributed by atoms with Crippen LogP contribution in [0.2, 0.25) is 0 Å². The Morgan fingerprint density at radius 3 is 2.76 bits per heavy atom. The maximum atomic E-state index is 12.7. The highest BCUT2D eigenvalue weighted by molar-refractivity contribution is 7.90. The summed E-state index contributed by atoms with van der Waals surface area (Å²) in [4.78, 5) is 16.1. The molecule has 8 heteroatoms. The minimum absolute atomic E-state index is 0.251. The fourth-order valence-electron chi connectivity index (χ4n) is 2.60. The molecule has 0 aliphatic heterocycles. The van der Waals surface area contributed by atoms with Gasteiger partial charge in [-0.15, -0.1) is 0 Å². The highest BCUT2D eigenvalue weighted by atomic mass is 32.2. The Kier molecular flexibility index (Phi) is 5.10. The van der Waals surface area contributed by atoms with Crippen molar-refractivity contribution in [3.63, 3.8) is 0 Å². The SMILES string of the molecule is CCOc1ccc2[nH]c([S+]([O-])Cc3ncc(C)c(OC)c3C)nc2n1. The van der Waals surface area contributed by atoms with E-state index in [9.17, 15) is 4.55 Å². The smallest absolute Gasteiger partial charge is 0.323 e. The first-order valence-electron chi connectivity index (χ1n) is 7.90. The van der Waals surface area contributed by atoms with Gasteiger partial charge >= 0.3 is 5.16 Å². The number of hydrogen-bond donors (Lipinski definition) is 1. The standard InChI is InChI=1S/C17H20N4O3S/c1-5-24-14-7-6-12-16(20-14)21-17(19-12)25(22)9-13-11(3)15(23-4)10(2)8-18-13/h6-8H,5,9H2,1-4H3,(H,19,20,21). The molecule has 0 aliphatic carbocycles. The third-order valence-corrected chi connectivity index (χ3v) is 4.98. The summed E-state index contributed by atoms with van der Waals surface area (Å²) in [6.45, 7) is 6.27. The van der Waals surface area contributed by atoms with Crippen LogP contribution in [0.1, 0.15) is 23.7 Å². The van der Waals surface area contributed by atoms with Crippen molar-refractivity contribution in [2.75, 3.05) is 13.7 Å². The maximum absolute atomic E-state index is 12.7. The van der Waals surface area contributed by atoms with Gasteiger partial charge in [0.1, 0.15) is 5.75 Å². The lowest BCUT2D eigenvalue weighted by molar-refractivity contribution is 0.328. The summed E-state index contributed by atoms with van der Waals surface area (Å²) in [7, 11) is 1.62. The Labute approximate surface area is 149 Å². The zero-order valence-corrected chi connectivity index (χ0v) is 15.4. The van der Waals surface area contributed by atoms with Crippen molar-refractivity contribution in [3.05, 3.63) is 35.2 Å². The molecule has 1 unspecified atom stereocenters. The van der Waals surface area contributed by atoms with E-state index in [1.807, 2.05) is 26.8 Å². The summed E-state index contributed by atoms with van der Waals surface area (Å²) in [5.74, 6) is 1.52. The monoisotopic (exact) mass is 360 g/mol. The maximum Gasteiger partial charge on any atom is 0.323 e. The van der Waals surface area contributed by atoms with Gasteiger partial charge in [0.2, 0.25) is 5.88 Å². The molecule has 0 fully saturated rings. The van der Waals surface area contributed by atoms with Crippen molar-refractivity contribution in [2.45, 2.75) is 31.7 Å². The molecule has 3 rings (SSSR count). The van der Waals surface area contributed by atoms with E-state index < -0.39 is 11.2 Å². The average Bonchev–Trinajstić information content (AvgIpc) is 3.01. The summed E-state index contributed by atoms with van der Waals surface area (Å²) < 4.78 is 23.5. The van der Waals surface area contributed by atoms with Crippen LogP contribution in [0.5, 0.6) is 11.6 Å². The molecule has 0 saturated heterocycles. The predicted molar refractivity (Wildman–Crippen MR) is 95.4 cm³/mol. The third-order valence-electron chi connectivity index (χ3n) is 3.82. The van der Waals surface area contributed by atoms with E-state index in [4.69, 9.17) is 9.47 Å². The van der Waals surface area contributed by atoms with E-state index in [0.717, 1.165) is 28.1 Å². The van der Waals surface area contributed by atoms with Crippen LogP contribution in [-0.2, 0) is 16.9 Å². The van der Waals surface area contributed by atoms with Gasteiger partial charge in [-0.05, 0) is 26.8 Å². The number of aryl methyl sites for hydroxylation is 1. The molecular formula is C17H20N4O3S. The first-order chi connectivity index (χ1) is 12.0. The number of imidazole rings is 1. The normalized spacial score (nSPS) is 12.4.